The zero-order chi connectivity index (χ0) is 9.42. The molecule has 0 aliphatic heterocycles. The second-order valence-electron chi connectivity index (χ2n) is 2.65. The third-order valence-corrected chi connectivity index (χ3v) is 4.06. The fraction of sp³-hybridized carbons (Fsp3) is 0.111. The highest BCUT2D eigenvalue weighted by Gasteiger charge is 2.08. The first kappa shape index (κ1) is 9.31. The summed E-state index contributed by atoms with van der Waals surface area (Å²) >= 11 is 11.5. The first-order valence-electron chi connectivity index (χ1n) is 3.68. The molecule has 0 bridgehead atoms. The average Bonchev–Trinajstić information content (AvgIpc) is 2.42. The molecule has 2 rings (SSSR count). The summed E-state index contributed by atoms with van der Waals surface area (Å²) in [5.74, 6) is 0.211. The van der Waals surface area contributed by atoms with Crippen LogP contribution < -0.4 is 0 Å². The quantitative estimate of drug-likeness (QED) is 0.556. The molecule has 1 aromatic heterocycles. The minimum Gasteiger partial charge on any atom is -0.207 e. The van der Waals surface area contributed by atoms with Crippen LogP contribution in [0.15, 0.2) is 23.1 Å². The highest BCUT2D eigenvalue weighted by atomic mass is 35.5. The van der Waals surface area contributed by atoms with Crippen LogP contribution in [0.3, 0.4) is 0 Å². The van der Waals surface area contributed by atoms with Crippen LogP contribution in [-0.4, -0.2) is 0 Å². The van der Waals surface area contributed by atoms with E-state index >= 15 is 0 Å². The van der Waals surface area contributed by atoms with Gasteiger partial charge >= 0.3 is 0 Å². The zero-order valence-corrected chi connectivity index (χ0v) is 9.02. The van der Waals surface area contributed by atoms with Crippen LogP contribution in [0, 0.1) is 5.82 Å². The largest absolute Gasteiger partial charge is 0.207 e. The predicted molar refractivity (Wildman–Crippen MR) is 58.6 cm³/mol. The Morgan fingerprint density at radius 2 is 2.23 bits per heavy atom. The molecule has 0 radical (unpaired) electrons. The number of hydrogen-bond donors (Lipinski definition) is 1. The lowest BCUT2D eigenvalue weighted by Gasteiger charge is -1.91. The number of benzene rings is 1. The minimum absolute atomic E-state index is 0.219. The van der Waals surface area contributed by atoms with Gasteiger partial charge in [-0.3, -0.25) is 0 Å². The highest BCUT2D eigenvalue weighted by Crippen LogP contribution is 2.35. The molecule has 0 saturated carbocycles. The molecule has 0 aliphatic rings. The van der Waals surface area contributed by atoms with Crippen molar-refractivity contribution in [3.05, 3.63) is 28.9 Å². The molecule has 0 amide bonds. The lowest BCUT2D eigenvalue weighted by atomic mass is 10.2. The van der Waals surface area contributed by atoms with Crippen molar-refractivity contribution >= 4 is 45.7 Å². The van der Waals surface area contributed by atoms with E-state index in [-0.39, 0.29) is 5.82 Å². The number of hydrogen-bond acceptors (Lipinski definition) is 2. The van der Waals surface area contributed by atoms with Crippen molar-refractivity contribution in [2.24, 2.45) is 0 Å². The maximum absolute atomic E-state index is 12.8. The van der Waals surface area contributed by atoms with Crippen molar-refractivity contribution in [1.82, 2.24) is 0 Å². The highest BCUT2D eigenvalue weighted by molar-refractivity contribution is 7.80. The molecule has 68 valence electrons. The Balaban J connectivity index is 2.76. The molecular weight excluding hydrogens is 227 g/mol. The van der Waals surface area contributed by atoms with Crippen LogP contribution in [0.4, 0.5) is 4.39 Å². The Kier molecular flexibility index (Phi) is 2.49. The summed E-state index contributed by atoms with van der Waals surface area (Å²) in [6.45, 7) is 0. The van der Waals surface area contributed by atoms with Gasteiger partial charge in [-0.15, -0.1) is 35.6 Å². The van der Waals surface area contributed by atoms with E-state index in [2.05, 4.69) is 12.6 Å². The Morgan fingerprint density at radius 1 is 1.46 bits per heavy atom. The second-order valence-corrected chi connectivity index (χ2v) is 4.50. The number of alkyl halides is 1. The normalized spacial score (nSPS) is 11.0. The third kappa shape index (κ3) is 1.56. The van der Waals surface area contributed by atoms with Gasteiger partial charge in [0.25, 0.3) is 0 Å². The summed E-state index contributed by atoms with van der Waals surface area (Å²) in [4.78, 5) is 1.86. The summed E-state index contributed by atoms with van der Waals surface area (Å²) in [6, 6.07) is 4.68. The van der Waals surface area contributed by atoms with Gasteiger partial charge in [0, 0.05) is 19.9 Å². The van der Waals surface area contributed by atoms with E-state index in [1.165, 1.54) is 23.5 Å². The van der Waals surface area contributed by atoms with Gasteiger partial charge in [-0.05, 0) is 18.2 Å². The van der Waals surface area contributed by atoms with E-state index in [4.69, 9.17) is 11.6 Å². The SMILES string of the molecule is Fc1ccc2c(S)c(CCl)sc2c1. The zero-order valence-electron chi connectivity index (χ0n) is 6.55. The van der Waals surface area contributed by atoms with Gasteiger partial charge in [-0.25, -0.2) is 4.39 Å². The topological polar surface area (TPSA) is 0 Å². The standard InChI is InChI=1S/C9H6ClFS2/c10-4-8-9(12)6-2-1-5(11)3-7(6)13-8/h1-3,12H,4H2. The number of thiol groups is 1. The van der Waals surface area contributed by atoms with Crippen molar-refractivity contribution in [3.63, 3.8) is 0 Å². The van der Waals surface area contributed by atoms with E-state index in [1.807, 2.05) is 0 Å². The molecule has 2 aromatic rings. The summed E-state index contributed by atoms with van der Waals surface area (Å²) in [5, 5.41) is 0.977. The van der Waals surface area contributed by atoms with Gasteiger partial charge in [0.15, 0.2) is 0 Å². The first-order valence-corrected chi connectivity index (χ1v) is 5.48. The van der Waals surface area contributed by atoms with E-state index in [0.717, 1.165) is 19.9 Å². The molecule has 13 heavy (non-hydrogen) atoms. The Morgan fingerprint density at radius 3 is 2.92 bits per heavy atom. The number of rotatable bonds is 1. The monoisotopic (exact) mass is 232 g/mol. The Bertz CT molecular complexity index is 450. The summed E-state index contributed by atoms with van der Waals surface area (Å²) in [6.07, 6.45) is 0. The van der Waals surface area contributed by atoms with Crippen molar-refractivity contribution in [2.45, 2.75) is 10.8 Å². The van der Waals surface area contributed by atoms with Crippen molar-refractivity contribution in [2.75, 3.05) is 0 Å². The first-order chi connectivity index (χ1) is 6.22. The molecule has 1 aromatic carbocycles. The van der Waals surface area contributed by atoms with Crippen molar-refractivity contribution in [1.29, 1.82) is 0 Å². The summed E-state index contributed by atoms with van der Waals surface area (Å²) in [5.41, 5.74) is 0. The van der Waals surface area contributed by atoms with Gasteiger partial charge in [-0.2, -0.15) is 0 Å². The summed E-state index contributed by atoms with van der Waals surface area (Å²) < 4.78 is 13.7. The molecule has 0 saturated heterocycles. The van der Waals surface area contributed by atoms with Crippen LogP contribution >= 0.6 is 35.6 Å². The van der Waals surface area contributed by atoms with Crippen molar-refractivity contribution < 1.29 is 4.39 Å². The van der Waals surface area contributed by atoms with E-state index < -0.39 is 0 Å². The Labute approximate surface area is 89.7 Å². The van der Waals surface area contributed by atoms with Gasteiger partial charge in [0.05, 0.1) is 5.88 Å². The van der Waals surface area contributed by atoms with Crippen LogP contribution in [0.25, 0.3) is 10.1 Å². The number of thiophene rings is 1. The summed E-state index contributed by atoms with van der Waals surface area (Å²) in [7, 11) is 0. The van der Waals surface area contributed by atoms with Crippen LogP contribution in [0.1, 0.15) is 4.88 Å². The van der Waals surface area contributed by atoms with Gasteiger partial charge in [0.1, 0.15) is 5.82 Å². The lowest BCUT2D eigenvalue weighted by molar-refractivity contribution is 0.630. The number of fused-ring (bicyclic) bond motifs is 1. The molecule has 0 nitrogen and oxygen atoms in total. The van der Waals surface area contributed by atoms with Crippen LogP contribution in [0.5, 0.6) is 0 Å². The average molecular weight is 233 g/mol. The molecular formula is C9H6ClFS2. The maximum Gasteiger partial charge on any atom is 0.124 e. The van der Waals surface area contributed by atoms with Crippen LogP contribution in [-0.2, 0) is 5.88 Å². The van der Waals surface area contributed by atoms with Gasteiger partial charge in [0.2, 0.25) is 0 Å². The second kappa shape index (κ2) is 3.48. The van der Waals surface area contributed by atoms with Gasteiger partial charge in [-0.1, -0.05) is 0 Å². The molecule has 0 atom stereocenters. The smallest absolute Gasteiger partial charge is 0.124 e. The minimum atomic E-state index is -0.219. The molecule has 0 fully saturated rings. The fourth-order valence-corrected chi connectivity index (χ4v) is 3.05. The van der Waals surface area contributed by atoms with Crippen molar-refractivity contribution in [3.8, 4) is 0 Å². The molecule has 4 heteroatoms. The van der Waals surface area contributed by atoms with Crippen LogP contribution in [0.2, 0.25) is 0 Å². The third-order valence-electron chi connectivity index (χ3n) is 1.82. The fourth-order valence-electron chi connectivity index (χ4n) is 1.20. The van der Waals surface area contributed by atoms with Gasteiger partial charge < -0.3 is 0 Å². The lowest BCUT2D eigenvalue weighted by Crippen LogP contribution is -1.71. The molecule has 0 spiro atoms. The molecule has 0 N–H and O–H groups in total. The maximum atomic E-state index is 12.8. The number of halogens is 2. The van der Waals surface area contributed by atoms with E-state index in [1.54, 1.807) is 6.07 Å². The van der Waals surface area contributed by atoms with E-state index in [0.29, 0.717) is 5.88 Å². The van der Waals surface area contributed by atoms with E-state index in [9.17, 15) is 4.39 Å². The predicted octanol–water partition coefficient (Wildman–Crippen LogP) is 4.07. The molecule has 1 heterocycles. The molecule has 0 unspecified atom stereocenters. The Hall–Kier alpha value is -0.250. The molecule has 0 aliphatic carbocycles.